The Bertz CT molecular complexity index is 621. The molecule has 2 nitrogen and oxygen atoms in total. The van der Waals surface area contributed by atoms with Crippen LogP contribution in [-0.4, -0.2) is 12.1 Å². The van der Waals surface area contributed by atoms with Crippen LogP contribution in [0.5, 0.6) is 5.75 Å². The summed E-state index contributed by atoms with van der Waals surface area (Å²) in [7, 11) is 0.714. The maximum absolute atomic E-state index is 12.3. The van der Waals surface area contributed by atoms with Crippen LogP contribution in [0.15, 0.2) is 48.5 Å². The van der Waals surface area contributed by atoms with E-state index >= 15 is 0 Å². The molecule has 0 amide bonds. The van der Waals surface area contributed by atoms with Gasteiger partial charge in [0.15, 0.2) is 0 Å². The Balaban J connectivity index is 2.06. The fourth-order valence-electron chi connectivity index (χ4n) is 2.14. The van der Waals surface area contributed by atoms with Crippen LogP contribution in [0.1, 0.15) is 37.3 Å². The highest BCUT2D eigenvalue weighted by atomic mass is 31.1. The average Bonchev–Trinajstić information content (AvgIpc) is 2.55. The van der Waals surface area contributed by atoms with Crippen LogP contribution in [0.4, 0.5) is 0 Å². The molecule has 0 aromatic heterocycles. The smallest absolute Gasteiger partial charge is 0.119 e. The molecule has 0 saturated heterocycles. The zero-order valence-electron chi connectivity index (χ0n) is 13.2. The van der Waals surface area contributed by atoms with Gasteiger partial charge in [-0.2, -0.15) is 0 Å². The standard InChI is InChI=1S/C19H23O2P/c1-3-4-8-13-21-17-11-12-18(15(2)14-17)22-19(20)16-9-6-5-7-10-16/h5-7,9-12,14,20H,3-4,8,13H2,1-2H3/p-1. The molecule has 0 spiro atoms. The summed E-state index contributed by atoms with van der Waals surface area (Å²) in [6.07, 6.45) is 3.48. The van der Waals surface area contributed by atoms with E-state index in [9.17, 15) is 5.11 Å². The Morgan fingerprint density at radius 2 is 1.86 bits per heavy atom. The summed E-state index contributed by atoms with van der Waals surface area (Å²) in [6.45, 7) is 4.97. The highest BCUT2D eigenvalue weighted by molar-refractivity contribution is 7.49. The first-order chi connectivity index (χ1) is 10.7. The second-order valence-electron chi connectivity index (χ2n) is 5.29. The number of ether oxygens (including phenoxy) is 1. The molecular formula is C19H22O2P-. The Morgan fingerprint density at radius 1 is 1.09 bits per heavy atom. The molecule has 2 aromatic rings. The zero-order valence-corrected chi connectivity index (χ0v) is 14.1. The molecule has 0 aliphatic rings. The van der Waals surface area contributed by atoms with E-state index < -0.39 is 0 Å². The minimum absolute atomic E-state index is 0.125. The third-order valence-electron chi connectivity index (χ3n) is 3.43. The third-order valence-corrected chi connectivity index (χ3v) is 4.63. The molecule has 2 aromatic carbocycles. The van der Waals surface area contributed by atoms with E-state index in [1.807, 2.05) is 55.5 Å². The average molecular weight is 313 g/mol. The van der Waals surface area contributed by atoms with Crippen molar-refractivity contribution in [1.29, 1.82) is 0 Å². The van der Waals surface area contributed by atoms with Gasteiger partial charge in [0, 0.05) is 5.30 Å². The van der Waals surface area contributed by atoms with E-state index in [1.54, 1.807) is 0 Å². The van der Waals surface area contributed by atoms with Crippen LogP contribution >= 0.6 is 8.20 Å². The highest BCUT2D eigenvalue weighted by Gasteiger charge is 2.00. The van der Waals surface area contributed by atoms with Gasteiger partial charge >= 0.3 is 0 Å². The van der Waals surface area contributed by atoms with E-state index in [2.05, 4.69) is 6.92 Å². The molecule has 2 rings (SSSR count). The molecule has 0 fully saturated rings. The van der Waals surface area contributed by atoms with Gasteiger partial charge in [-0.25, -0.2) is 0 Å². The number of aryl methyl sites for hydroxylation is 1. The monoisotopic (exact) mass is 313 g/mol. The summed E-state index contributed by atoms with van der Waals surface area (Å²) in [5.41, 5.74) is 1.97. The van der Waals surface area contributed by atoms with Gasteiger partial charge in [-0.05, 0) is 42.7 Å². The number of hydrogen-bond donors (Lipinski definition) is 0. The van der Waals surface area contributed by atoms with Crippen molar-refractivity contribution < 1.29 is 9.84 Å². The third kappa shape index (κ3) is 4.98. The van der Waals surface area contributed by atoms with Crippen molar-refractivity contribution >= 4 is 19.0 Å². The summed E-state index contributed by atoms with van der Waals surface area (Å²) in [4.78, 5) is 0. The molecular weight excluding hydrogens is 291 g/mol. The van der Waals surface area contributed by atoms with Crippen LogP contribution in [0.25, 0.3) is 0 Å². The lowest BCUT2D eigenvalue weighted by molar-refractivity contribution is -0.207. The predicted molar refractivity (Wildman–Crippen MR) is 93.3 cm³/mol. The Morgan fingerprint density at radius 3 is 2.55 bits per heavy atom. The van der Waals surface area contributed by atoms with E-state index in [4.69, 9.17) is 4.74 Å². The second kappa shape index (κ2) is 8.73. The van der Waals surface area contributed by atoms with Crippen LogP contribution in [-0.2, 0) is 0 Å². The van der Waals surface area contributed by atoms with Crippen molar-refractivity contribution in [3.63, 3.8) is 0 Å². The normalized spacial score (nSPS) is 11.5. The lowest BCUT2D eigenvalue weighted by Gasteiger charge is -2.13. The first-order valence-electron chi connectivity index (χ1n) is 7.75. The van der Waals surface area contributed by atoms with Crippen LogP contribution in [0.3, 0.4) is 0 Å². The molecule has 3 heteroatoms. The van der Waals surface area contributed by atoms with E-state index in [0.717, 1.165) is 35.2 Å². The van der Waals surface area contributed by atoms with Crippen LogP contribution in [0, 0.1) is 6.92 Å². The van der Waals surface area contributed by atoms with Gasteiger partial charge in [-0.15, -0.1) is 5.48 Å². The number of unbranched alkanes of at least 4 members (excludes halogenated alkanes) is 2. The largest absolute Gasteiger partial charge is 0.823 e. The molecule has 22 heavy (non-hydrogen) atoms. The van der Waals surface area contributed by atoms with Gasteiger partial charge in [-0.1, -0.05) is 58.3 Å². The maximum atomic E-state index is 12.3. The van der Waals surface area contributed by atoms with Gasteiger partial charge in [0.1, 0.15) is 5.75 Å². The Labute approximate surface area is 134 Å². The summed E-state index contributed by atoms with van der Waals surface area (Å²) in [6, 6.07) is 15.4. The Hall–Kier alpha value is -1.63. The topological polar surface area (TPSA) is 32.3 Å². The molecule has 0 aliphatic heterocycles. The number of benzene rings is 2. The summed E-state index contributed by atoms with van der Waals surface area (Å²) in [5.74, 6) is 0.889. The van der Waals surface area contributed by atoms with E-state index in [1.165, 1.54) is 12.8 Å². The number of hydrogen-bond acceptors (Lipinski definition) is 2. The Kier molecular flexibility index (Phi) is 6.64. The van der Waals surface area contributed by atoms with Crippen LogP contribution in [0.2, 0.25) is 0 Å². The molecule has 0 N–H and O–H groups in total. The van der Waals surface area contributed by atoms with Gasteiger partial charge in [0.25, 0.3) is 0 Å². The molecule has 0 saturated carbocycles. The predicted octanol–water partition coefficient (Wildman–Crippen LogP) is 3.67. The van der Waals surface area contributed by atoms with Crippen molar-refractivity contribution in [2.75, 3.05) is 6.61 Å². The molecule has 0 radical (unpaired) electrons. The molecule has 0 atom stereocenters. The lowest BCUT2D eigenvalue weighted by atomic mass is 10.2. The van der Waals surface area contributed by atoms with Crippen molar-refractivity contribution in [1.82, 2.24) is 0 Å². The number of rotatable bonds is 7. The molecule has 0 heterocycles. The van der Waals surface area contributed by atoms with Crippen molar-refractivity contribution in [2.45, 2.75) is 33.1 Å². The summed E-state index contributed by atoms with van der Waals surface area (Å²) >= 11 is 0. The van der Waals surface area contributed by atoms with Crippen LogP contribution < -0.4 is 15.1 Å². The van der Waals surface area contributed by atoms with Crippen molar-refractivity contribution in [3.8, 4) is 5.75 Å². The first-order valence-corrected chi connectivity index (χ1v) is 8.64. The quantitative estimate of drug-likeness (QED) is 0.577. The van der Waals surface area contributed by atoms with Gasteiger partial charge in [0.2, 0.25) is 0 Å². The fourth-order valence-corrected chi connectivity index (χ4v) is 3.03. The minimum Gasteiger partial charge on any atom is -0.823 e. The molecule has 0 aliphatic carbocycles. The second-order valence-corrected chi connectivity index (χ2v) is 6.40. The van der Waals surface area contributed by atoms with Gasteiger partial charge in [-0.3, -0.25) is 0 Å². The van der Waals surface area contributed by atoms with E-state index in [-0.39, 0.29) is 5.48 Å². The molecule has 116 valence electrons. The van der Waals surface area contributed by atoms with Gasteiger partial charge in [0.05, 0.1) is 6.61 Å². The minimum atomic E-state index is 0.125. The van der Waals surface area contributed by atoms with Crippen molar-refractivity contribution in [2.24, 2.45) is 0 Å². The highest BCUT2D eigenvalue weighted by Crippen LogP contribution is 2.16. The maximum Gasteiger partial charge on any atom is 0.119 e. The molecule has 0 unspecified atom stereocenters. The fraction of sp³-hybridized carbons (Fsp3) is 0.316. The van der Waals surface area contributed by atoms with Crippen molar-refractivity contribution in [3.05, 3.63) is 59.7 Å². The lowest BCUT2D eigenvalue weighted by Crippen LogP contribution is -2.18. The van der Waals surface area contributed by atoms with Gasteiger partial charge < -0.3 is 9.84 Å². The zero-order chi connectivity index (χ0) is 15.8. The SMILES string of the molecule is CCCCCOc1ccc(P=C([O-])c2ccccc2)c(C)c1. The van der Waals surface area contributed by atoms with E-state index in [0.29, 0.717) is 8.20 Å². The summed E-state index contributed by atoms with van der Waals surface area (Å²) in [5, 5.41) is 13.3. The first kappa shape index (κ1) is 16.7. The molecule has 0 bridgehead atoms. The summed E-state index contributed by atoms with van der Waals surface area (Å²) < 4.78 is 5.75.